The van der Waals surface area contributed by atoms with Crippen molar-refractivity contribution >= 4 is 11.8 Å². The molecule has 6 heterocycles. The fourth-order valence-corrected chi connectivity index (χ4v) is 5.67. The lowest BCUT2D eigenvalue weighted by atomic mass is 10.2. The predicted octanol–water partition coefficient (Wildman–Crippen LogP) is 8.46. The molecular weight excluding hydrogens is 565 g/mol. The third kappa shape index (κ3) is 7.90. The molecule has 0 aliphatic carbocycles. The summed E-state index contributed by atoms with van der Waals surface area (Å²) in [5.41, 5.74) is 6.61. The van der Waals surface area contributed by atoms with E-state index < -0.39 is 0 Å². The summed E-state index contributed by atoms with van der Waals surface area (Å²) in [6.07, 6.45) is 11.5. The second-order valence-corrected chi connectivity index (χ2v) is 11.3. The monoisotopic (exact) mass is 596 g/mol. The Bertz CT molecular complexity index is 1510. The van der Waals surface area contributed by atoms with Crippen molar-refractivity contribution in [2.45, 2.75) is 30.6 Å². The van der Waals surface area contributed by atoms with Crippen LogP contribution in [-0.4, -0.2) is 42.3 Å². The molecule has 0 bridgehead atoms. The van der Waals surface area contributed by atoms with Crippen molar-refractivity contribution in [3.63, 3.8) is 0 Å². The molecule has 0 amide bonds. The van der Waals surface area contributed by atoms with E-state index in [-0.39, 0.29) is 0 Å². The molecule has 0 spiro atoms. The number of aromatic nitrogens is 6. The van der Waals surface area contributed by atoms with Gasteiger partial charge in [-0.05, 0) is 79.3 Å². The Morgan fingerprint density at radius 2 is 0.886 bits per heavy atom. The van der Waals surface area contributed by atoms with E-state index in [1.54, 1.807) is 24.8 Å². The molecule has 0 saturated heterocycles. The topological polar surface area (TPSA) is 86.6 Å². The lowest BCUT2D eigenvalue weighted by molar-refractivity contribution is 0.305. The maximum Gasteiger partial charge on any atom is 0.123 e. The third-order valence-electron chi connectivity index (χ3n) is 6.88. The molecule has 0 fully saturated rings. The minimum atomic E-state index is 0.645. The number of thioether (sulfide) groups is 1. The molecule has 6 rings (SSSR count). The largest absolute Gasteiger partial charge is 0.493 e. The molecule has 0 aromatic carbocycles. The molecule has 0 unspecified atom stereocenters. The van der Waals surface area contributed by atoms with Gasteiger partial charge in [0.25, 0.3) is 0 Å². The molecule has 0 radical (unpaired) electrons. The van der Waals surface area contributed by atoms with Crippen LogP contribution >= 0.6 is 11.8 Å². The van der Waals surface area contributed by atoms with Crippen molar-refractivity contribution in [1.29, 1.82) is 0 Å². The predicted molar refractivity (Wildman–Crippen MR) is 176 cm³/mol. The van der Waals surface area contributed by atoms with Crippen molar-refractivity contribution in [3.8, 4) is 51.3 Å². The van der Waals surface area contributed by atoms with Gasteiger partial charge in [-0.1, -0.05) is 37.1 Å². The molecular formula is C36H32N6OS. The van der Waals surface area contributed by atoms with Gasteiger partial charge in [0.05, 0.1) is 52.2 Å². The molecule has 0 N–H and O–H groups in total. The molecule has 44 heavy (non-hydrogen) atoms. The highest BCUT2D eigenvalue weighted by Gasteiger charge is 2.11. The first-order valence-electron chi connectivity index (χ1n) is 14.8. The van der Waals surface area contributed by atoms with Gasteiger partial charge in [0, 0.05) is 41.8 Å². The summed E-state index contributed by atoms with van der Waals surface area (Å²) in [6.45, 7) is 0.645. The van der Waals surface area contributed by atoms with Crippen LogP contribution in [-0.2, 0) is 0 Å². The van der Waals surface area contributed by atoms with Crippen LogP contribution < -0.4 is 4.74 Å². The highest BCUT2D eigenvalue weighted by Crippen LogP contribution is 2.29. The van der Waals surface area contributed by atoms with Crippen LogP contribution in [0.15, 0.2) is 127 Å². The number of ether oxygens (including phenoxy) is 1. The van der Waals surface area contributed by atoms with Crippen molar-refractivity contribution in [2.75, 3.05) is 12.4 Å². The molecule has 8 heteroatoms. The Morgan fingerprint density at radius 1 is 0.455 bits per heavy atom. The molecule has 218 valence electrons. The van der Waals surface area contributed by atoms with Crippen LogP contribution in [0.1, 0.15) is 25.7 Å². The smallest absolute Gasteiger partial charge is 0.123 e. The minimum absolute atomic E-state index is 0.645. The van der Waals surface area contributed by atoms with Gasteiger partial charge in [-0.25, -0.2) is 9.97 Å². The Morgan fingerprint density at radius 3 is 1.32 bits per heavy atom. The molecule has 0 saturated carbocycles. The average Bonchev–Trinajstić information content (AvgIpc) is 3.10. The molecule has 6 aromatic heterocycles. The van der Waals surface area contributed by atoms with E-state index in [9.17, 15) is 0 Å². The van der Waals surface area contributed by atoms with Crippen LogP contribution in [0.2, 0.25) is 0 Å². The summed E-state index contributed by atoms with van der Waals surface area (Å²) in [6, 6.07) is 31.6. The molecule has 0 aliphatic rings. The van der Waals surface area contributed by atoms with Crippen LogP contribution in [0.3, 0.4) is 0 Å². The molecule has 0 atom stereocenters. The van der Waals surface area contributed by atoms with Crippen LogP contribution in [0, 0.1) is 0 Å². The summed E-state index contributed by atoms with van der Waals surface area (Å²) in [7, 11) is 0. The zero-order valence-corrected chi connectivity index (χ0v) is 25.1. The van der Waals surface area contributed by atoms with E-state index in [0.29, 0.717) is 6.61 Å². The zero-order chi connectivity index (χ0) is 29.8. The van der Waals surface area contributed by atoms with E-state index >= 15 is 0 Å². The van der Waals surface area contributed by atoms with Crippen LogP contribution in [0.4, 0.5) is 0 Å². The van der Waals surface area contributed by atoms with E-state index in [4.69, 9.17) is 14.7 Å². The average molecular weight is 597 g/mol. The van der Waals surface area contributed by atoms with E-state index in [2.05, 4.69) is 32.1 Å². The number of hydrogen-bond acceptors (Lipinski definition) is 8. The van der Waals surface area contributed by atoms with Gasteiger partial charge < -0.3 is 4.74 Å². The third-order valence-corrected chi connectivity index (χ3v) is 7.94. The Balaban J connectivity index is 1.02. The maximum atomic E-state index is 6.20. The number of pyridine rings is 6. The molecule has 0 aliphatic heterocycles. The minimum Gasteiger partial charge on any atom is -0.493 e. The van der Waals surface area contributed by atoms with Crippen molar-refractivity contribution in [2.24, 2.45) is 0 Å². The maximum absolute atomic E-state index is 6.20. The Kier molecular flexibility index (Phi) is 9.92. The van der Waals surface area contributed by atoms with Gasteiger partial charge in [-0.15, -0.1) is 11.8 Å². The molecule has 7 nitrogen and oxygen atoms in total. The summed E-state index contributed by atoms with van der Waals surface area (Å²) in [5.74, 6) is 1.81. The second-order valence-electron chi connectivity index (χ2n) is 10.1. The standard InChI is InChI=1S/C36H32N6OS/c1(11-21-43-27-23-33(29-13-3-7-17-37-29)41-34(24-27)30-14-4-8-18-38-30)2-12-22-44-28-25-35(31-15-5-9-19-39-31)42-36(26-28)32-16-6-10-20-40-32/h3-10,13-20,23-26H,1-2,11-12,21-22H2. The van der Waals surface area contributed by atoms with Crippen LogP contribution in [0.25, 0.3) is 45.6 Å². The van der Waals surface area contributed by atoms with Crippen molar-refractivity contribution < 1.29 is 4.74 Å². The first-order chi connectivity index (χ1) is 21.8. The quantitative estimate of drug-likeness (QED) is 0.0969. The number of nitrogens with zero attached hydrogens (tertiary/aromatic N) is 6. The summed E-state index contributed by atoms with van der Waals surface area (Å²) in [5, 5.41) is 0. The van der Waals surface area contributed by atoms with Crippen molar-refractivity contribution in [1.82, 2.24) is 29.9 Å². The first-order valence-corrected chi connectivity index (χ1v) is 15.8. The summed E-state index contributed by atoms with van der Waals surface area (Å²) in [4.78, 5) is 28.8. The lowest BCUT2D eigenvalue weighted by Crippen LogP contribution is -2.00. The van der Waals surface area contributed by atoms with Crippen LogP contribution in [0.5, 0.6) is 5.75 Å². The Labute approximate surface area is 261 Å². The Hall–Kier alpha value is -4.95. The fourth-order valence-electron chi connectivity index (χ4n) is 4.70. The number of hydrogen-bond donors (Lipinski definition) is 0. The van der Waals surface area contributed by atoms with Gasteiger partial charge in [-0.3, -0.25) is 19.9 Å². The number of unbranched alkanes of at least 4 members (excludes halogenated alkanes) is 3. The SMILES string of the molecule is c1ccc(-c2cc(OCCCCCCSc3cc(-c4ccccn4)nc(-c4ccccn4)c3)cc(-c3ccccn3)n2)nc1. The molecule has 6 aromatic rings. The first kappa shape index (κ1) is 29.1. The van der Waals surface area contributed by atoms with Gasteiger partial charge in [0.2, 0.25) is 0 Å². The fraction of sp³-hybridized carbons (Fsp3) is 0.167. The van der Waals surface area contributed by atoms with E-state index in [0.717, 1.165) is 82.7 Å². The highest BCUT2D eigenvalue weighted by atomic mass is 32.2. The van der Waals surface area contributed by atoms with E-state index in [1.807, 2.05) is 96.7 Å². The van der Waals surface area contributed by atoms with Crippen molar-refractivity contribution in [3.05, 3.63) is 122 Å². The summed E-state index contributed by atoms with van der Waals surface area (Å²) >= 11 is 1.85. The van der Waals surface area contributed by atoms with Gasteiger partial charge in [0.15, 0.2) is 0 Å². The van der Waals surface area contributed by atoms with Gasteiger partial charge in [-0.2, -0.15) is 0 Å². The lowest BCUT2D eigenvalue weighted by Gasteiger charge is -2.11. The zero-order valence-electron chi connectivity index (χ0n) is 24.3. The summed E-state index contributed by atoms with van der Waals surface area (Å²) < 4.78 is 6.20. The van der Waals surface area contributed by atoms with Gasteiger partial charge in [0.1, 0.15) is 5.75 Å². The highest BCUT2D eigenvalue weighted by molar-refractivity contribution is 7.99. The normalized spacial score (nSPS) is 10.9. The second kappa shape index (κ2) is 15.0. The van der Waals surface area contributed by atoms with Gasteiger partial charge >= 0.3 is 0 Å². The number of rotatable bonds is 13. The van der Waals surface area contributed by atoms with E-state index in [1.165, 1.54) is 4.90 Å².